The third kappa shape index (κ3) is 38.1. The summed E-state index contributed by atoms with van der Waals surface area (Å²) in [5, 5.41) is 0. The van der Waals surface area contributed by atoms with Crippen molar-refractivity contribution in [3.05, 3.63) is 0 Å². The highest BCUT2D eigenvalue weighted by Crippen LogP contribution is 2.25. The molecular formula is C57H110F2N2O5. The zero-order valence-electron chi connectivity index (χ0n) is 44.8. The van der Waals surface area contributed by atoms with Gasteiger partial charge in [0.1, 0.15) is 0 Å². The molecule has 7 nitrogen and oxygen atoms in total. The van der Waals surface area contributed by atoms with Crippen LogP contribution in [0.1, 0.15) is 279 Å². The molecule has 0 N–H and O–H groups in total. The first-order valence-corrected chi connectivity index (χ1v) is 28.6. The van der Waals surface area contributed by atoms with E-state index in [9.17, 15) is 18.8 Å². The average Bonchev–Trinajstić information content (AvgIpc) is 3.29. The molecule has 0 saturated carbocycles. The highest BCUT2D eigenvalue weighted by Gasteiger charge is 2.25. The van der Waals surface area contributed by atoms with Gasteiger partial charge in [0.25, 0.3) is 0 Å². The molecular weight excluding hydrogens is 831 g/mol. The number of rotatable bonds is 50. The summed E-state index contributed by atoms with van der Waals surface area (Å²) in [7, 11) is 4.07. The lowest BCUT2D eigenvalue weighted by atomic mass is 9.92. The molecule has 0 rings (SSSR count). The fourth-order valence-corrected chi connectivity index (χ4v) is 9.50. The first kappa shape index (κ1) is 64.2. The minimum absolute atomic E-state index is 0.140. The van der Waals surface area contributed by atoms with Crippen LogP contribution in [0.2, 0.25) is 0 Å². The van der Waals surface area contributed by atoms with Crippen molar-refractivity contribution in [3.63, 3.8) is 0 Å². The molecule has 0 aromatic heterocycles. The number of alkyl halides is 2. The van der Waals surface area contributed by atoms with Crippen molar-refractivity contribution in [2.24, 2.45) is 11.8 Å². The average molecular weight is 942 g/mol. The van der Waals surface area contributed by atoms with Gasteiger partial charge in [0, 0.05) is 19.0 Å². The molecule has 0 fully saturated rings. The van der Waals surface area contributed by atoms with Crippen LogP contribution in [-0.2, 0) is 23.9 Å². The first-order chi connectivity index (χ1) is 32.0. The van der Waals surface area contributed by atoms with Crippen LogP contribution in [0, 0.1) is 11.8 Å². The maximum atomic E-state index is 15.0. The molecule has 9 heteroatoms. The van der Waals surface area contributed by atoms with Gasteiger partial charge < -0.3 is 19.3 Å². The standard InChI is InChI=1S/C57H110F2N2O5/c1-8-13-18-19-20-21-29-39-52(40-30-22-23-31-41-53(58)56(63)65-48-44-50(35-25-14-9-2)36-26-15-10-3)61(55(62)43-34-46-60(6)7)47-33-24-32-42-54(59)57(64)66-49-45-51(37-27-16-11-4)38-28-17-12-5/h50-54H,8-49H2,1-7H3. The molecule has 1 amide bonds. The molecule has 3 unspecified atom stereocenters. The highest BCUT2D eigenvalue weighted by molar-refractivity contribution is 5.76. The predicted octanol–water partition coefficient (Wildman–Crippen LogP) is 16.7. The quantitative estimate of drug-likeness (QED) is 0.0447. The van der Waals surface area contributed by atoms with Gasteiger partial charge in [0.2, 0.25) is 5.91 Å². The first-order valence-electron chi connectivity index (χ1n) is 28.6. The van der Waals surface area contributed by atoms with E-state index in [2.05, 4.69) is 44.4 Å². The third-order valence-electron chi connectivity index (χ3n) is 13.9. The third-order valence-corrected chi connectivity index (χ3v) is 13.9. The van der Waals surface area contributed by atoms with Crippen molar-refractivity contribution in [1.29, 1.82) is 0 Å². The van der Waals surface area contributed by atoms with Gasteiger partial charge in [-0.2, -0.15) is 0 Å². The zero-order valence-corrected chi connectivity index (χ0v) is 44.8. The van der Waals surface area contributed by atoms with Gasteiger partial charge in [-0.05, 0) is 96.7 Å². The van der Waals surface area contributed by atoms with Crippen molar-refractivity contribution in [2.75, 3.05) is 40.4 Å². The molecule has 0 saturated heterocycles. The molecule has 0 heterocycles. The molecule has 0 bridgehead atoms. The Bertz CT molecular complexity index is 1080. The summed E-state index contributed by atoms with van der Waals surface area (Å²) in [6, 6.07) is 0.140. The van der Waals surface area contributed by atoms with Crippen LogP contribution in [0.5, 0.6) is 0 Å². The topological polar surface area (TPSA) is 76.1 Å². The number of carbonyl (C=O) groups excluding carboxylic acids is 3. The molecule has 0 aliphatic rings. The summed E-state index contributed by atoms with van der Waals surface area (Å²) in [5.41, 5.74) is 0. The van der Waals surface area contributed by atoms with E-state index >= 15 is 4.39 Å². The summed E-state index contributed by atoms with van der Waals surface area (Å²) in [4.78, 5) is 43.3. The van der Waals surface area contributed by atoms with E-state index in [-0.39, 0.29) is 24.8 Å². The Hall–Kier alpha value is -1.77. The van der Waals surface area contributed by atoms with Gasteiger partial charge in [-0.3, -0.25) is 4.79 Å². The maximum Gasteiger partial charge on any atom is 0.340 e. The van der Waals surface area contributed by atoms with E-state index in [1.807, 2.05) is 14.1 Å². The fraction of sp³-hybridized carbons (Fsp3) is 0.947. The Morgan fingerprint density at radius 3 is 1.12 bits per heavy atom. The largest absolute Gasteiger partial charge is 0.464 e. The van der Waals surface area contributed by atoms with Crippen LogP contribution in [0.4, 0.5) is 8.78 Å². The van der Waals surface area contributed by atoms with E-state index in [1.54, 1.807) is 0 Å². The molecule has 3 atom stereocenters. The summed E-state index contributed by atoms with van der Waals surface area (Å²) >= 11 is 0. The van der Waals surface area contributed by atoms with E-state index in [0.717, 1.165) is 103 Å². The second-order valence-electron chi connectivity index (χ2n) is 20.5. The Morgan fingerprint density at radius 2 is 0.727 bits per heavy atom. The summed E-state index contributed by atoms with van der Waals surface area (Å²) < 4.78 is 40.8. The van der Waals surface area contributed by atoms with Crippen LogP contribution in [-0.4, -0.2) is 86.4 Å². The van der Waals surface area contributed by atoms with Gasteiger partial charge in [-0.15, -0.1) is 0 Å². The Balaban J connectivity index is 5.24. The molecule has 66 heavy (non-hydrogen) atoms. The number of ether oxygens (including phenoxy) is 2. The van der Waals surface area contributed by atoms with Crippen LogP contribution in [0.25, 0.3) is 0 Å². The lowest BCUT2D eigenvalue weighted by Gasteiger charge is -2.33. The van der Waals surface area contributed by atoms with Gasteiger partial charge in [-0.25, -0.2) is 18.4 Å². The molecule has 0 aromatic carbocycles. The molecule has 392 valence electrons. The number of halogens is 2. The second kappa shape index (κ2) is 46.9. The van der Waals surface area contributed by atoms with Crippen molar-refractivity contribution >= 4 is 17.8 Å². The van der Waals surface area contributed by atoms with E-state index in [0.29, 0.717) is 50.9 Å². The van der Waals surface area contributed by atoms with Crippen LogP contribution in [0.15, 0.2) is 0 Å². The van der Waals surface area contributed by atoms with Gasteiger partial charge >= 0.3 is 11.9 Å². The molecule has 0 aliphatic heterocycles. The lowest BCUT2D eigenvalue weighted by Crippen LogP contribution is -2.41. The number of amides is 1. The minimum Gasteiger partial charge on any atom is -0.464 e. The number of carbonyl (C=O) groups is 3. The van der Waals surface area contributed by atoms with Gasteiger partial charge in [-0.1, -0.05) is 208 Å². The Kier molecular flexibility index (Phi) is 45.7. The number of hydrogen-bond donors (Lipinski definition) is 0. The second-order valence-corrected chi connectivity index (χ2v) is 20.5. The van der Waals surface area contributed by atoms with Gasteiger partial charge in [0.05, 0.1) is 13.2 Å². The highest BCUT2D eigenvalue weighted by atomic mass is 19.1. The van der Waals surface area contributed by atoms with Crippen LogP contribution >= 0.6 is 0 Å². The van der Waals surface area contributed by atoms with Gasteiger partial charge in [0.15, 0.2) is 12.3 Å². The summed E-state index contributed by atoms with van der Waals surface area (Å²) in [6.45, 7) is 13.2. The number of hydrogen-bond acceptors (Lipinski definition) is 6. The van der Waals surface area contributed by atoms with Crippen molar-refractivity contribution in [2.45, 2.75) is 297 Å². The summed E-state index contributed by atoms with van der Waals surface area (Å²) in [5.74, 6) is -0.138. The number of nitrogens with zero attached hydrogens (tertiary/aromatic N) is 2. The van der Waals surface area contributed by atoms with E-state index in [1.165, 1.54) is 116 Å². The van der Waals surface area contributed by atoms with Crippen molar-refractivity contribution in [3.8, 4) is 0 Å². The monoisotopic (exact) mass is 941 g/mol. The van der Waals surface area contributed by atoms with Crippen molar-refractivity contribution in [1.82, 2.24) is 9.80 Å². The maximum absolute atomic E-state index is 15.0. The van der Waals surface area contributed by atoms with E-state index in [4.69, 9.17) is 9.47 Å². The molecule has 0 aliphatic carbocycles. The SMILES string of the molecule is CCCCCCCCCC(CCCCCCC(F)C(=O)OCCC(CCCCC)CCCCC)N(CCCCCC(F)C(=O)OCCC(CCCCC)CCCCC)C(=O)CCCN(C)C. The Morgan fingerprint density at radius 1 is 0.394 bits per heavy atom. The zero-order chi connectivity index (χ0) is 48.9. The summed E-state index contributed by atoms with van der Waals surface area (Å²) in [6.07, 6.45) is 35.2. The van der Waals surface area contributed by atoms with Crippen LogP contribution < -0.4 is 0 Å². The lowest BCUT2D eigenvalue weighted by molar-refractivity contribution is -0.151. The molecule has 0 radical (unpaired) electrons. The normalized spacial score (nSPS) is 13.2. The fourth-order valence-electron chi connectivity index (χ4n) is 9.50. The minimum atomic E-state index is -1.60. The van der Waals surface area contributed by atoms with E-state index < -0.39 is 24.3 Å². The number of unbranched alkanes of at least 4 members (excludes halogenated alkanes) is 19. The Labute approximate surface area is 408 Å². The van der Waals surface area contributed by atoms with Crippen LogP contribution in [0.3, 0.4) is 0 Å². The van der Waals surface area contributed by atoms with Crippen molar-refractivity contribution < 1.29 is 32.6 Å². The predicted molar refractivity (Wildman–Crippen MR) is 277 cm³/mol. The smallest absolute Gasteiger partial charge is 0.340 e. The number of esters is 2. The molecule has 0 spiro atoms. The molecule has 0 aromatic rings.